The number of nitrogens with one attached hydrogen (secondary N) is 2. The number of halogens is 4. The number of carbonyl (C=O) groups is 4. The number of amides is 3. The number of nitrogens with zero attached hydrogens (tertiary/aromatic N) is 2. The zero-order chi connectivity index (χ0) is 31.0. The Bertz CT molecular complexity index is 1410. The van der Waals surface area contributed by atoms with E-state index in [1.54, 1.807) is 24.8 Å². The normalized spacial score (nSPS) is 17.3. The molecule has 0 bridgehead atoms. The Kier molecular flexibility index (Phi) is 8.37. The fourth-order valence-corrected chi connectivity index (χ4v) is 5.35. The number of likely N-dealkylation sites (tertiary alicyclic amines) is 1. The molecule has 2 heterocycles. The van der Waals surface area contributed by atoms with E-state index in [9.17, 15) is 41.8 Å². The predicted octanol–water partition coefficient (Wildman–Crippen LogP) is 3.26. The summed E-state index contributed by atoms with van der Waals surface area (Å²) in [6.07, 6.45) is -4.38. The molecule has 2 aliphatic heterocycles. The number of piperidine rings is 1. The molecule has 1 unspecified atom stereocenters. The summed E-state index contributed by atoms with van der Waals surface area (Å²) >= 11 is 0. The number of benzene rings is 2. The summed E-state index contributed by atoms with van der Waals surface area (Å²) in [6.45, 7) is 3.65. The smallest absolute Gasteiger partial charge is 0.416 e. The summed E-state index contributed by atoms with van der Waals surface area (Å²) in [5.41, 5.74) is -2.56. The standard InChI is InChI=1S/C28H30F4N4O6/c1-15(2)22(34-23(37)19-12-16(28(30,31)32)4-7-20(19)29)24(38)35-10-8-27(9-11-35)26(41)33-14-36(27)17-5-6-18(25(39)40)21(13-17)42-3/h4-7,12-13,15,22H,8-11,14H2,1-3H3,(H,33,41)(H,34,37)(H,39,40). The van der Waals surface area contributed by atoms with Crippen LogP contribution in [0.15, 0.2) is 36.4 Å². The van der Waals surface area contributed by atoms with Crippen molar-refractivity contribution in [1.82, 2.24) is 15.5 Å². The molecule has 2 aromatic carbocycles. The Morgan fingerprint density at radius 1 is 1.07 bits per heavy atom. The molecule has 0 saturated carbocycles. The summed E-state index contributed by atoms with van der Waals surface area (Å²) in [6, 6.07) is 4.80. The Morgan fingerprint density at radius 3 is 2.31 bits per heavy atom. The van der Waals surface area contributed by atoms with Crippen LogP contribution >= 0.6 is 0 Å². The van der Waals surface area contributed by atoms with Gasteiger partial charge in [-0.1, -0.05) is 13.8 Å². The van der Waals surface area contributed by atoms with Gasteiger partial charge in [-0.3, -0.25) is 14.4 Å². The third-order valence-electron chi connectivity index (χ3n) is 7.72. The van der Waals surface area contributed by atoms with Gasteiger partial charge in [-0.05, 0) is 49.1 Å². The van der Waals surface area contributed by atoms with E-state index in [1.807, 2.05) is 0 Å². The Balaban J connectivity index is 1.51. The summed E-state index contributed by atoms with van der Waals surface area (Å²) in [4.78, 5) is 54.1. The molecular formula is C28H30F4N4O6. The molecule has 4 rings (SSSR count). The maximum atomic E-state index is 14.3. The van der Waals surface area contributed by atoms with E-state index in [2.05, 4.69) is 10.6 Å². The zero-order valence-corrected chi connectivity index (χ0v) is 23.0. The van der Waals surface area contributed by atoms with Crippen molar-refractivity contribution in [2.75, 3.05) is 31.8 Å². The van der Waals surface area contributed by atoms with Gasteiger partial charge in [0.05, 0.1) is 24.9 Å². The highest BCUT2D eigenvalue weighted by atomic mass is 19.4. The van der Waals surface area contributed by atoms with Crippen LogP contribution in [0.5, 0.6) is 5.75 Å². The molecule has 1 atom stereocenters. The zero-order valence-electron chi connectivity index (χ0n) is 23.0. The minimum absolute atomic E-state index is 0.0408. The van der Waals surface area contributed by atoms with Gasteiger partial charge in [0.15, 0.2) is 0 Å². The van der Waals surface area contributed by atoms with Crippen molar-refractivity contribution in [3.8, 4) is 5.75 Å². The first-order valence-corrected chi connectivity index (χ1v) is 13.1. The number of rotatable bonds is 7. The topological polar surface area (TPSA) is 128 Å². The van der Waals surface area contributed by atoms with Gasteiger partial charge in [0.2, 0.25) is 11.8 Å². The summed E-state index contributed by atoms with van der Waals surface area (Å²) in [5, 5.41) is 14.6. The number of carboxylic acids is 1. The predicted molar refractivity (Wildman–Crippen MR) is 141 cm³/mol. The van der Waals surface area contributed by atoms with Crippen molar-refractivity contribution in [2.24, 2.45) is 5.92 Å². The van der Waals surface area contributed by atoms with E-state index in [0.29, 0.717) is 23.9 Å². The van der Waals surface area contributed by atoms with Crippen LogP contribution in [-0.4, -0.2) is 72.1 Å². The van der Waals surface area contributed by atoms with Crippen molar-refractivity contribution in [3.63, 3.8) is 0 Å². The summed E-state index contributed by atoms with van der Waals surface area (Å²) in [5.74, 6) is -4.62. The van der Waals surface area contributed by atoms with Crippen LogP contribution in [0.1, 0.15) is 53.0 Å². The number of carboxylic acid groups (broad SMARTS) is 1. The van der Waals surface area contributed by atoms with Crippen molar-refractivity contribution < 1.29 is 46.6 Å². The van der Waals surface area contributed by atoms with Gasteiger partial charge in [0.1, 0.15) is 28.7 Å². The van der Waals surface area contributed by atoms with Gasteiger partial charge in [-0.25, -0.2) is 9.18 Å². The molecule has 0 aliphatic carbocycles. The van der Waals surface area contributed by atoms with E-state index in [4.69, 9.17) is 4.74 Å². The molecule has 2 fully saturated rings. The average Bonchev–Trinajstić information content (AvgIpc) is 3.25. The van der Waals surface area contributed by atoms with Crippen molar-refractivity contribution in [1.29, 1.82) is 0 Å². The number of methoxy groups -OCH3 is 1. The lowest BCUT2D eigenvalue weighted by molar-refractivity contribution is -0.138. The third-order valence-corrected chi connectivity index (χ3v) is 7.72. The number of anilines is 1. The van der Waals surface area contributed by atoms with Crippen LogP contribution in [-0.2, 0) is 15.8 Å². The van der Waals surface area contributed by atoms with Crippen LogP contribution in [0.4, 0.5) is 23.2 Å². The molecule has 3 amide bonds. The molecule has 226 valence electrons. The lowest BCUT2D eigenvalue weighted by Crippen LogP contribution is -2.60. The second-order valence-electron chi connectivity index (χ2n) is 10.5. The molecule has 0 radical (unpaired) electrons. The second-order valence-corrected chi connectivity index (χ2v) is 10.5. The van der Waals surface area contributed by atoms with Crippen LogP contribution in [0, 0.1) is 11.7 Å². The lowest BCUT2D eigenvalue weighted by atomic mass is 9.85. The van der Waals surface area contributed by atoms with E-state index in [0.717, 1.165) is 0 Å². The van der Waals surface area contributed by atoms with Crippen LogP contribution in [0.25, 0.3) is 0 Å². The molecule has 14 heteroatoms. The van der Waals surface area contributed by atoms with Gasteiger partial charge in [-0.2, -0.15) is 13.2 Å². The highest BCUT2D eigenvalue weighted by Crippen LogP contribution is 2.38. The number of hydrogen-bond acceptors (Lipinski definition) is 6. The highest BCUT2D eigenvalue weighted by Gasteiger charge is 2.51. The quantitative estimate of drug-likeness (QED) is 0.420. The molecule has 1 spiro atoms. The second kappa shape index (κ2) is 11.5. The first-order valence-electron chi connectivity index (χ1n) is 13.1. The molecule has 42 heavy (non-hydrogen) atoms. The highest BCUT2D eigenvalue weighted by molar-refractivity contribution is 5.98. The van der Waals surface area contributed by atoms with Gasteiger partial charge in [0.25, 0.3) is 5.91 Å². The fraction of sp³-hybridized carbons (Fsp3) is 0.429. The van der Waals surface area contributed by atoms with E-state index < -0.39 is 58.4 Å². The SMILES string of the molecule is COc1cc(N2CNC(=O)C23CCN(C(=O)C(NC(=O)c2cc(C(F)(F)F)ccc2F)C(C)C)CC3)ccc1C(=O)O. The van der Waals surface area contributed by atoms with Gasteiger partial charge >= 0.3 is 12.1 Å². The Hall–Kier alpha value is -4.36. The van der Waals surface area contributed by atoms with Crippen LogP contribution in [0.3, 0.4) is 0 Å². The van der Waals surface area contributed by atoms with E-state index in [-0.39, 0.29) is 49.8 Å². The Labute approximate surface area is 238 Å². The van der Waals surface area contributed by atoms with Crippen molar-refractivity contribution >= 4 is 29.4 Å². The molecule has 3 N–H and O–H groups in total. The fourth-order valence-electron chi connectivity index (χ4n) is 5.35. The molecule has 0 aromatic heterocycles. The van der Waals surface area contributed by atoms with Gasteiger partial charge < -0.3 is 30.3 Å². The van der Waals surface area contributed by atoms with Gasteiger partial charge in [0, 0.05) is 24.8 Å². The molecule has 10 nitrogen and oxygen atoms in total. The van der Waals surface area contributed by atoms with E-state index in [1.165, 1.54) is 24.1 Å². The molecule has 2 saturated heterocycles. The molecule has 2 aromatic rings. The molecule has 2 aliphatic rings. The monoisotopic (exact) mass is 594 g/mol. The van der Waals surface area contributed by atoms with Crippen LogP contribution in [0.2, 0.25) is 0 Å². The first-order chi connectivity index (χ1) is 19.7. The van der Waals surface area contributed by atoms with E-state index >= 15 is 0 Å². The molecular weight excluding hydrogens is 564 g/mol. The number of hydrogen-bond donors (Lipinski definition) is 3. The van der Waals surface area contributed by atoms with Gasteiger partial charge in [-0.15, -0.1) is 0 Å². The summed E-state index contributed by atoms with van der Waals surface area (Å²) < 4.78 is 58.9. The first kappa shape index (κ1) is 30.6. The number of aromatic carboxylic acids is 1. The maximum absolute atomic E-state index is 14.3. The number of alkyl halides is 3. The lowest BCUT2D eigenvalue weighted by Gasteiger charge is -2.44. The summed E-state index contributed by atoms with van der Waals surface area (Å²) in [7, 11) is 1.34. The third kappa shape index (κ3) is 5.70. The number of ether oxygens (including phenoxy) is 1. The Morgan fingerprint density at radius 2 is 1.74 bits per heavy atom. The minimum atomic E-state index is -4.79. The maximum Gasteiger partial charge on any atom is 0.416 e. The van der Waals surface area contributed by atoms with Crippen LogP contribution < -0.4 is 20.3 Å². The minimum Gasteiger partial charge on any atom is -0.496 e. The van der Waals surface area contributed by atoms with Crippen molar-refractivity contribution in [2.45, 2.75) is 44.4 Å². The average molecular weight is 595 g/mol. The van der Waals surface area contributed by atoms with Crippen molar-refractivity contribution in [3.05, 3.63) is 58.9 Å². The largest absolute Gasteiger partial charge is 0.496 e. The number of carbonyl (C=O) groups excluding carboxylic acids is 3.